The lowest BCUT2D eigenvalue weighted by atomic mass is 9.91. The molecule has 0 aliphatic heterocycles. The van der Waals surface area contributed by atoms with Crippen LogP contribution < -0.4 is 5.32 Å². The maximum Gasteiger partial charge on any atom is 0.430 e. The van der Waals surface area contributed by atoms with Crippen molar-refractivity contribution in [3.8, 4) is 0 Å². The van der Waals surface area contributed by atoms with Crippen molar-refractivity contribution in [1.29, 1.82) is 0 Å². The molecule has 2 unspecified atom stereocenters. The van der Waals surface area contributed by atoms with E-state index in [1.807, 2.05) is 0 Å². The van der Waals surface area contributed by atoms with Crippen LogP contribution >= 0.6 is 0 Å². The summed E-state index contributed by atoms with van der Waals surface area (Å²) in [4.78, 5) is 12.4. The number of amides is 1. The quantitative estimate of drug-likeness (QED) is 0.381. The molecule has 1 N–H and O–H groups in total. The van der Waals surface area contributed by atoms with Crippen molar-refractivity contribution in [1.82, 2.24) is 5.32 Å². The Hall–Kier alpha value is -2.44. The summed E-state index contributed by atoms with van der Waals surface area (Å²) >= 11 is -2.26. The van der Waals surface area contributed by atoms with E-state index in [0.29, 0.717) is 30.4 Å². The number of nitrogens with one attached hydrogen (secondary N) is 1. The van der Waals surface area contributed by atoms with Crippen LogP contribution in [0.1, 0.15) is 50.7 Å². The Kier molecular flexibility index (Phi) is 7.68. The molecular formula is C23H22F6NO4S-. The third kappa shape index (κ3) is 5.39. The van der Waals surface area contributed by atoms with Crippen molar-refractivity contribution in [3.63, 3.8) is 0 Å². The van der Waals surface area contributed by atoms with Crippen molar-refractivity contribution < 1.29 is 44.6 Å². The number of benzene rings is 2. The second-order valence-corrected chi connectivity index (χ2v) is 9.37. The Morgan fingerprint density at radius 3 is 2.09 bits per heavy atom. The molecule has 5 nitrogen and oxygen atoms in total. The first-order valence-corrected chi connectivity index (χ1v) is 11.6. The molecule has 1 aliphatic carbocycles. The third-order valence-electron chi connectivity index (χ3n) is 6.05. The lowest BCUT2D eigenvalue weighted by molar-refractivity contribution is -0.383. The highest BCUT2D eigenvalue weighted by Crippen LogP contribution is 2.52. The Morgan fingerprint density at radius 2 is 1.66 bits per heavy atom. The van der Waals surface area contributed by atoms with E-state index < -0.39 is 45.8 Å². The smallest absolute Gasteiger partial charge is 0.430 e. The molecular weight excluding hydrogens is 500 g/mol. The van der Waals surface area contributed by atoms with E-state index in [1.54, 1.807) is 25.1 Å². The van der Waals surface area contributed by atoms with Crippen molar-refractivity contribution in [2.75, 3.05) is 7.11 Å². The summed E-state index contributed by atoms with van der Waals surface area (Å²) in [6.07, 6.45) is -9.90. The molecule has 2 aromatic rings. The first kappa shape index (κ1) is 27.2. The number of ether oxygens (including phenoxy) is 1. The van der Waals surface area contributed by atoms with Gasteiger partial charge in [0.2, 0.25) is 0 Å². The van der Waals surface area contributed by atoms with Crippen LogP contribution in [0.2, 0.25) is 0 Å². The van der Waals surface area contributed by atoms with Crippen molar-refractivity contribution >= 4 is 17.0 Å². The molecule has 2 atom stereocenters. The minimum Gasteiger partial charge on any atom is -0.772 e. The molecule has 1 saturated carbocycles. The second-order valence-electron chi connectivity index (χ2n) is 8.35. The van der Waals surface area contributed by atoms with Gasteiger partial charge in [0, 0.05) is 30.0 Å². The zero-order chi connectivity index (χ0) is 26.2. The van der Waals surface area contributed by atoms with Crippen LogP contribution in [0.3, 0.4) is 0 Å². The predicted molar refractivity (Wildman–Crippen MR) is 114 cm³/mol. The van der Waals surface area contributed by atoms with Gasteiger partial charge in [0.25, 0.3) is 11.5 Å². The van der Waals surface area contributed by atoms with E-state index in [0.717, 1.165) is 30.5 Å². The molecule has 0 heterocycles. The lowest BCUT2D eigenvalue weighted by Crippen LogP contribution is -2.55. The molecule has 12 heteroatoms. The first-order chi connectivity index (χ1) is 16.2. The molecule has 3 rings (SSSR count). The number of halogens is 6. The van der Waals surface area contributed by atoms with Crippen molar-refractivity contribution in [3.05, 3.63) is 70.3 Å². The van der Waals surface area contributed by atoms with Gasteiger partial charge in [-0.3, -0.25) is 9.00 Å². The van der Waals surface area contributed by atoms with Crippen molar-refractivity contribution in [2.45, 2.75) is 49.5 Å². The van der Waals surface area contributed by atoms with Crippen LogP contribution in [0.15, 0.2) is 42.5 Å². The van der Waals surface area contributed by atoms with Crippen LogP contribution in [0.25, 0.3) is 0 Å². The van der Waals surface area contributed by atoms with E-state index >= 15 is 0 Å². The SMILES string of the molecule is COC(c1ccc(C(=O)NCc2ccc(C(C3CC3)S(=O)[O-])cc2C)cc1)(C(F)(F)F)C(F)(F)F. The maximum atomic E-state index is 13.4. The fraction of sp³-hybridized carbons (Fsp3) is 0.435. The number of carbonyl (C=O) groups is 1. The third-order valence-corrected chi connectivity index (χ3v) is 7.12. The normalized spacial score (nSPS) is 16.6. The average molecular weight is 522 g/mol. The summed E-state index contributed by atoms with van der Waals surface area (Å²) in [5, 5.41) is 1.96. The molecule has 0 bridgehead atoms. The summed E-state index contributed by atoms with van der Waals surface area (Å²) in [6.45, 7) is 1.77. The van der Waals surface area contributed by atoms with Gasteiger partial charge in [0.05, 0.1) is 0 Å². The highest BCUT2D eigenvalue weighted by molar-refractivity contribution is 7.79. The maximum absolute atomic E-state index is 13.4. The Balaban J connectivity index is 1.74. The molecule has 1 aliphatic rings. The lowest BCUT2D eigenvalue weighted by Gasteiger charge is -2.36. The molecule has 0 spiro atoms. The molecule has 35 heavy (non-hydrogen) atoms. The minimum atomic E-state index is -5.79. The Morgan fingerprint density at radius 1 is 1.09 bits per heavy atom. The number of methoxy groups -OCH3 is 1. The fourth-order valence-electron chi connectivity index (χ4n) is 4.01. The van der Waals surface area contributed by atoms with Gasteiger partial charge >= 0.3 is 12.4 Å². The van der Waals surface area contributed by atoms with Crippen LogP contribution in [-0.2, 0) is 28.0 Å². The molecule has 2 aromatic carbocycles. The van der Waals surface area contributed by atoms with E-state index in [1.165, 1.54) is 0 Å². The predicted octanol–water partition coefficient (Wildman–Crippen LogP) is 5.22. The van der Waals surface area contributed by atoms with E-state index in [2.05, 4.69) is 10.1 Å². The standard InChI is InChI=1S/C23H23F6NO4S/c1-13-11-16(19(35(32)33)14-3-4-14)5-6-17(13)12-30-20(31)15-7-9-18(10-8-15)21(34-2,22(24,25)26)23(27,28)29/h5-11,14,19H,3-4,12H2,1-2H3,(H,30,31)(H,32,33)/p-1. The summed E-state index contributed by atoms with van der Waals surface area (Å²) < 4.78 is 107. The molecule has 192 valence electrons. The van der Waals surface area contributed by atoms with Gasteiger partial charge < -0.3 is 14.6 Å². The summed E-state index contributed by atoms with van der Waals surface area (Å²) in [5.74, 6) is -0.619. The molecule has 0 aromatic heterocycles. The highest BCUT2D eigenvalue weighted by Gasteiger charge is 2.73. The van der Waals surface area contributed by atoms with Crippen molar-refractivity contribution in [2.24, 2.45) is 5.92 Å². The van der Waals surface area contributed by atoms with E-state index in [-0.39, 0.29) is 18.0 Å². The zero-order valence-corrected chi connectivity index (χ0v) is 19.4. The van der Waals surface area contributed by atoms with Gasteiger partial charge in [0.1, 0.15) is 0 Å². The van der Waals surface area contributed by atoms with Gasteiger partial charge in [-0.25, -0.2) is 0 Å². The average Bonchev–Trinajstić information content (AvgIpc) is 3.57. The largest absolute Gasteiger partial charge is 0.772 e. The minimum absolute atomic E-state index is 0.0222. The van der Waals surface area contributed by atoms with E-state index in [9.17, 15) is 39.9 Å². The molecule has 0 radical (unpaired) electrons. The fourth-order valence-corrected chi connectivity index (χ4v) is 4.96. The molecule has 1 amide bonds. The number of hydrogen-bond donors (Lipinski definition) is 1. The summed E-state index contributed by atoms with van der Waals surface area (Å²) in [6, 6.07) is 7.90. The van der Waals surface area contributed by atoms with Crippen LogP contribution in [0.4, 0.5) is 26.3 Å². The molecule has 0 saturated heterocycles. The topological polar surface area (TPSA) is 78.5 Å². The van der Waals surface area contributed by atoms with Crippen LogP contribution in [0.5, 0.6) is 0 Å². The van der Waals surface area contributed by atoms with Gasteiger partial charge in [0.15, 0.2) is 0 Å². The number of carbonyl (C=O) groups excluding carboxylic acids is 1. The zero-order valence-electron chi connectivity index (χ0n) is 18.6. The van der Waals surface area contributed by atoms with Crippen LogP contribution in [0, 0.1) is 12.8 Å². The van der Waals surface area contributed by atoms with E-state index in [4.69, 9.17) is 0 Å². The molecule has 1 fully saturated rings. The van der Waals surface area contributed by atoms with Gasteiger partial charge in [-0.05, 0) is 65.6 Å². The highest BCUT2D eigenvalue weighted by atomic mass is 32.2. The van der Waals surface area contributed by atoms with Crippen LogP contribution in [-0.4, -0.2) is 34.1 Å². The second kappa shape index (κ2) is 9.90. The van der Waals surface area contributed by atoms with Gasteiger partial charge in [-0.1, -0.05) is 30.3 Å². The Bertz CT molecular complexity index is 1080. The monoisotopic (exact) mass is 522 g/mol. The number of rotatable bonds is 8. The van der Waals surface area contributed by atoms with Gasteiger partial charge in [-0.2, -0.15) is 26.3 Å². The summed E-state index contributed by atoms with van der Waals surface area (Å²) in [5.41, 5.74) is -3.82. The first-order valence-electron chi connectivity index (χ1n) is 10.5. The number of aryl methyl sites for hydroxylation is 1. The number of hydrogen-bond acceptors (Lipinski definition) is 4. The summed E-state index contributed by atoms with van der Waals surface area (Å²) in [7, 11) is 0.316. The number of alkyl halides is 6. The van der Waals surface area contributed by atoms with Gasteiger partial charge in [-0.15, -0.1) is 0 Å². The Labute approximate surface area is 200 Å².